The lowest BCUT2D eigenvalue weighted by Crippen LogP contribution is -2.30. The van der Waals surface area contributed by atoms with E-state index in [9.17, 15) is 21.6 Å². The standard InChI is InChI=1S/C19H23F3N2O2S/c1-3-24(4-2)27(25,26)18-11-7-16(8-12-18)14-23-13-15-5-9-17(10-6-15)19(20,21)22/h5-12,23H,3-4,13-14H2,1-2H3. The highest BCUT2D eigenvalue weighted by Crippen LogP contribution is 2.29. The molecular weight excluding hydrogens is 377 g/mol. The molecule has 0 aliphatic carbocycles. The molecule has 0 radical (unpaired) electrons. The second kappa shape index (κ2) is 8.86. The van der Waals surface area contributed by atoms with Crippen LogP contribution >= 0.6 is 0 Å². The van der Waals surface area contributed by atoms with Gasteiger partial charge in [0, 0.05) is 26.2 Å². The first-order valence-electron chi connectivity index (χ1n) is 8.64. The van der Waals surface area contributed by atoms with Gasteiger partial charge < -0.3 is 5.32 Å². The number of benzene rings is 2. The van der Waals surface area contributed by atoms with Gasteiger partial charge in [0.1, 0.15) is 0 Å². The minimum Gasteiger partial charge on any atom is -0.309 e. The van der Waals surface area contributed by atoms with Crippen LogP contribution in [0.2, 0.25) is 0 Å². The van der Waals surface area contributed by atoms with Gasteiger partial charge in [-0.15, -0.1) is 0 Å². The van der Waals surface area contributed by atoms with Gasteiger partial charge in [-0.25, -0.2) is 8.42 Å². The summed E-state index contributed by atoms with van der Waals surface area (Å²) in [5, 5.41) is 3.14. The lowest BCUT2D eigenvalue weighted by Gasteiger charge is -2.18. The summed E-state index contributed by atoms with van der Waals surface area (Å²) in [6.45, 7) is 5.30. The summed E-state index contributed by atoms with van der Waals surface area (Å²) in [7, 11) is -3.48. The fourth-order valence-corrected chi connectivity index (χ4v) is 4.11. The monoisotopic (exact) mass is 400 g/mol. The Bertz CT molecular complexity index is 829. The summed E-state index contributed by atoms with van der Waals surface area (Å²) in [5.41, 5.74) is 0.959. The van der Waals surface area contributed by atoms with E-state index in [1.807, 2.05) is 0 Å². The van der Waals surface area contributed by atoms with Gasteiger partial charge in [0.25, 0.3) is 0 Å². The fraction of sp³-hybridized carbons (Fsp3) is 0.368. The molecule has 0 aliphatic rings. The number of nitrogens with zero attached hydrogens (tertiary/aromatic N) is 1. The molecule has 0 unspecified atom stereocenters. The molecule has 0 amide bonds. The molecule has 0 fully saturated rings. The highest BCUT2D eigenvalue weighted by Gasteiger charge is 2.29. The van der Waals surface area contributed by atoms with Crippen LogP contribution in [0.4, 0.5) is 13.2 Å². The van der Waals surface area contributed by atoms with E-state index in [4.69, 9.17) is 0 Å². The van der Waals surface area contributed by atoms with E-state index in [0.717, 1.165) is 23.3 Å². The first-order chi connectivity index (χ1) is 12.7. The highest BCUT2D eigenvalue weighted by molar-refractivity contribution is 7.89. The predicted molar refractivity (Wildman–Crippen MR) is 98.5 cm³/mol. The van der Waals surface area contributed by atoms with Crippen LogP contribution in [0.5, 0.6) is 0 Å². The van der Waals surface area contributed by atoms with Gasteiger partial charge in [0.15, 0.2) is 0 Å². The van der Waals surface area contributed by atoms with Gasteiger partial charge >= 0.3 is 6.18 Å². The van der Waals surface area contributed by atoms with Crippen LogP contribution in [-0.2, 0) is 29.3 Å². The molecule has 0 heterocycles. The summed E-state index contributed by atoms with van der Waals surface area (Å²) in [4.78, 5) is 0.248. The van der Waals surface area contributed by atoms with Crippen LogP contribution in [0, 0.1) is 0 Å². The zero-order valence-electron chi connectivity index (χ0n) is 15.3. The third-order valence-corrected chi connectivity index (χ3v) is 6.27. The Morgan fingerprint density at radius 3 is 1.70 bits per heavy atom. The summed E-state index contributed by atoms with van der Waals surface area (Å²) in [6.07, 6.45) is -4.33. The minimum absolute atomic E-state index is 0.248. The lowest BCUT2D eigenvalue weighted by atomic mass is 10.1. The molecule has 4 nitrogen and oxygen atoms in total. The number of halogens is 3. The largest absolute Gasteiger partial charge is 0.416 e. The molecule has 2 rings (SSSR count). The average molecular weight is 400 g/mol. The number of hydrogen-bond acceptors (Lipinski definition) is 3. The number of sulfonamides is 1. The Balaban J connectivity index is 1.94. The molecule has 0 aliphatic heterocycles. The Morgan fingerprint density at radius 1 is 0.852 bits per heavy atom. The van der Waals surface area contributed by atoms with Crippen molar-refractivity contribution < 1.29 is 21.6 Å². The Kier molecular flexibility index (Phi) is 7.02. The molecular formula is C19H23F3N2O2S. The van der Waals surface area contributed by atoms with E-state index in [2.05, 4.69) is 5.32 Å². The fourth-order valence-electron chi connectivity index (χ4n) is 2.65. The van der Waals surface area contributed by atoms with Gasteiger partial charge in [-0.1, -0.05) is 38.1 Å². The van der Waals surface area contributed by atoms with E-state index >= 15 is 0 Å². The number of nitrogens with one attached hydrogen (secondary N) is 1. The maximum Gasteiger partial charge on any atom is 0.416 e. The van der Waals surface area contributed by atoms with Crippen molar-refractivity contribution in [3.63, 3.8) is 0 Å². The quantitative estimate of drug-likeness (QED) is 0.728. The summed E-state index contributed by atoms with van der Waals surface area (Å²) >= 11 is 0. The van der Waals surface area contributed by atoms with E-state index in [-0.39, 0.29) is 4.90 Å². The van der Waals surface area contributed by atoms with Gasteiger partial charge in [-0.3, -0.25) is 0 Å². The molecule has 148 valence electrons. The van der Waals surface area contributed by atoms with Crippen molar-refractivity contribution in [3.05, 3.63) is 65.2 Å². The van der Waals surface area contributed by atoms with Gasteiger partial charge in [-0.05, 0) is 35.4 Å². The summed E-state index contributed by atoms with van der Waals surface area (Å²) in [5.74, 6) is 0. The molecule has 0 aromatic heterocycles. The van der Waals surface area contributed by atoms with Crippen molar-refractivity contribution in [1.29, 1.82) is 0 Å². The van der Waals surface area contributed by atoms with Crippen LogP contribution in [0.3, 0.4) is 0 Å². The van der Waals surface area contributed by atoms with E-state index < -0.39 is 21.8 Å². The molecule has 2 aromatic carbocycles. The normalized spacial score (nSPS) is 12.5. The molecule has 0 spiro atoms. The molecule has 0 saturated carbocycles. The van der Waals surface area contributed by atoms with Crippen molar-refractivity contribution in [3.8, 4) is 0 Å². The summed E-state index contributed by atoms with van der Waals surface area (Å²) < 4.78 is 63.9. The van der Waals surface area contributed by atoms with Crippen molar-refractivity contribution in [2.75, 3.05) is 13.1 Å². The maximum atomic E-state index is 12.5. The van der Waals surface area contributed by atoms with Crippen LogP contribution in [0.1, 0.15) is 30.5 Å². The number of hydrogen-bond donors (Lipinski definition) is 1. The van der Waals surface area contributed by atoms with Crippen molar-refractivity contribution in [2.24, 2.45) is 0 Å². The second-order valence-electron chi connectivity index (χ2n) is 6.03. The third-order valence-electron chi connectivity index (χ3n) is 4.21. The number of alkyl halides is 3. The second-order valence-corrected chi connectivity index (χ2v) is 7.97. The minimum atomic E-state index is -4.33. The molecule has 8 heteroatoms. The first-order valence-corrected chi connectivity index (χ1v) is 10.1. The summed E-state index contributed by atoms with van der Waals surface area (Å²) in [6, 6.07) is 11.6. The molecule has 0 saturated heterocycles. The Labute approximate surface area is 158 Å². The Morgan fingerprint density at radius 2 is 1.30 bits per heavy atom. The van der Waals surface area contributed by atoms with Crippen molar-refractivity contribution in [1.82, 2.24) is 9.62 Å². The van der Waals surface area contributed by atoms with Gasteiger partial charge in [-0.2, -0.15) is 17.5 Å². The van der Waals surface area contributed by atoms with Crippen LogP contribution in [-0.4, -0.2) is 25.8 Å². The smallest absolute Gasteiger partial charge is 0.309 e. The van der Waals surface area contributed by atoms with Gasteiger partial charge in [0.05, 0.1) is 10.5 Å². The highest BCUT2D eigenvalue weighted by atomic mass is 32.2. The SMILES string of the molecule is CCN(CC)S(=O)(=O)c1ccc(CNCc2ccc(C(F)(F)F)cc2)cc1. The van der Waals surface area contributed by atoms with Crippen LogP contribution in [0.15, 0.2) is 53.4 Å². The van der Waals surface area contributed by atoms with Crippen molar-refractivity contribution in [2.45, 2.75) is 38.0 Å². The van der Waals surface area contributed by atoms with E-state index in [0.29, 0.717) is 26.2 Å². The number of rotatable bonds is 8. The lowest BCUT2D eigenvalue weighted by molar-refractivity contribution is -0.137. The van der Waals surface area contributed by atoms with E-state index in [1.165, 1.54) is 16.4 Å². The molecule has 1 N–H and O–H groups in total. The average Bonchev–Trinajstić information content (AvgIpc) is 2.62. The van der Waals surface area contributed by atoms with Crippen LogP contribution < -0.4 is 5.32 Å². The van der Waals surface area contributed by atoms with Crippen molar-refractivity contribution >= 4 is 10.0 Å². The van der Waals surface area contributed by atoms with Crippen LogP contribution in [0.25, 0.3) is 0 Å². The molecule has 0 atom stereocenters. The van der Waals surface area contributed by atoms with Gasteiger partial charge in [0.2, 0.25) is 10.0 Å². The third kappa shape index (κ3) is 5.54. The first kappa shape index (κ1) is 21.4. The molecule has 27 heavy (non-hydrogen) atoms. The van der Waals surface area contributed by atoms with E-state index in [1.54, 1.807) is 38.1 Å². The topological polar surface area (TPSA) is 49.4 Å². The predicted octanol–water partition coefficient (Wildman–Crippen LogP) is 4.03. The zero-order valence-corrected chi connectivity index (χ0v) is 16.1. The maximum absolute atomic E-state index is 12.5. The Hall–Kier alpha value is -1.90. The molecule has 0 bridgehead atoms. The zero-order chi connectivity index (χ0) is 20.1. The molecule has 2 aromatic rings.